The maximum absolute atomic E-state index is 11.7. The maximum atomic E-state index is 11.7. The topological polar surface area (TPSA) is 50.9 Å². The number of hydrogen-bond acceptors (Lipinski definition) is 2. The molecule has 0 amide bonds. The third-order valence-electron chi connectivity index (χ3n) is 12.2. The second-order valence-electron chi connectivity index (χ2n) is 15.2. The summed E-state index contributed by atoms with van der Waals surface area (Å²) in [5, 5.41) is 19.3. The van der Waals surface area contributed by atoms with Gasteiger partial charge in [-0.05, 0) is 57.3 Å². The third-order valence-corrected chi connectivity index (χ3v) is 12.2. The average Bonchev–Trinajstić information content (AvgIpc) is 3.84. The van der Waals surface area contributed by atoms with E-state index >= 15 is 0 Å². The van der Waals surface area contributed by atoms with Gasteiger partial charge in [0.25, 0.3) is 0 Å². The molecule has 5 heteroatoms. The van der Waals surface area contributed by atoms with Gasteiger partial charge in [0.2, 0.25) is 5.69 Å². The second kappa shape index (κ2) is 13.0. The Morgan fingerprint density at radius 1 is 0.450 bits per heavy atom. The van der Waals surface area contributed by atoms with Crippen LogP contribution >= 0.6 is 0 Å². The van der Waals surface area contributed by atoms with E-state index in [9.17, 15) is 5.26 Å². The van der Waals surface area contributed by atoms with E-state index in [1.54, 1.807) is 0 Å². The van der Waals surface area contributed by atoms with E-state index in [-0.39, 0.29) is 0 Å². The Bertz CT molecular complexity index is 3680. The van der Waals surface area contributed by atoms with Crippen molar-refractivity contribution >= 4 is 71.0 Å². The highest BCUT2D eigenvalue weighted by atomic mass is 15.0. The van der Waals surface area contributed by atoms with Crippen molar-refractivity contribution in [2.75, 3.05) is 0 Å². The number of hydrogen-bond donors (Lipinski definition) is 0. The van der Waals surface area contributed by atoms with Gasteiger partial charge in [-0.1, -0.05) is 158 Å². The smallest absolute Gasteiger partial charge is 0.220 e. The predicted octanol–water partition coefficient (Wildman–Crippen LogP) is 14.4. The van der Waals surface area contributed by atoms with Crippen LogP contribution in [-0.4, -0.2) is 14.1 Å². The van der Waals surface area contributed by atoms with Gasteiger partial charge in [-0.2, -0.15) is 5.26 Å². The van der Waals surface area contributed by atoms with Gasteiger partial charge in [0, 0.05) is 44.3 Å². The summed E-state index contributed by atoms with van der Waals surface area (Å²) in [5.41, 5.74) is 12.3. The Hall–Kier alpha value is -8.51. The lowest BCUT2D eigenvalue weighted by molar-refractivity contribution is 1.13. The molecule has 3 aromatic heterocycles. The molecule has 276 valence electrons. The minimum atomic E-state index is 0.408. The summed E-state index contributed by atoms with van der Waals surface area (Å²) in [6, 6.07) is 65.4. The van der Waals surface area contributed by atoms with Gasteiger partial charge >= 0.3 is 0 Å². The van der Waals surface area contributed by atoms with Crippen molar-refractivity contribution in [1.29, 1.82) is 5.26 Å². The number of para-hydroxylation sites is 1. The molecule has 5 nitrogen and oxygen atoms in total. The highest BCUT2D eigenvalue weighted by Crippen LogP contribution is 2.53. The van der Waals surface area contributed by atoms with E-state index in [0.29, 0.717) is 16.8 Å². The largest absolute Gasteiger partial charge is 0.318 e. The number of pyridine rings is 1. The molecule has 12 aromatic rings. The second-order valence-corrected chi connectivity index (χ2v) is 15.2. The number of nitrogens with zero attached hydrogens (tertiary/aromatic N) is 5. The van der Waals surface area contributed by atoms with Gasteiger partial charge in [0.15, 0.2) is 0 Å². The molecule has 0 radical (unpaired) electrons. The van der Waals surface area contributed by atoms with Crippen LogP contribution in [0.5, 0.6) is 0 Å². The van der Waals surface area contributed by atoms with Crippen LogP contribution in [0.4, 0.5) is 5.69 Å². The van der Waals surface area contributed by atoms with Crippen LogP contribution in [0.15, 0.2) is 188 Å². The Balaban J connectivity index is 1.36. The van der Waals surface area contributed by atoms with E-state index in [0.717, 1.165) is 104 Å². The zero-order valence-corrected chi connectivity index (χ0v) is 32.1. The maximum Gasteiger partial charge on any atom is 0.220 e. The molecule has 0 saturated carbocycles. The Kier molecular flexibility index (Phi) is 7.29. The monoisotopic (exact) mass is 761 g/mol. The highest BCUT2D eigenvalue weighted by molar-refractivity contribution is 6.33. The first-order valence-electron chi connectivity index (χ1n) is 20.0. The van der Waals surface area contributed by atoms with Crippen molar-refractivity contribution in [2.45, 2.75) is 0 Å². The normalized spacial score (nSPS) is 11.6. The molecule has 0 bridgehead atoms. The summed E-state index contributed by atoms with van der Waals surface area (Å²) in [6.45, 7) is 9.14. The minimum Gasteiger partial charge on any atom is -0.318 e. The van der Waals surface area contributed by atoms with Crippen LogP contribution in [0.1, 0.15) is 5.56 Å². The SMILES string of the molecule is [C-]#[N+]c1c(-c2ccccc2)c(C#N)c(-n2c3ccccc3c3ccc(-c4ccccc4)cc32)c(-c2ccccc2)c1-n1c2cccc3c4ccccc4c4nccc1c4c32. The minimum absolute atomic E-state index is 0.408. The van der Waals surface area contributed by atoms with Gasteiger partial charge in [0.1, 0.15) is 6.07 Å². The van der Waals surface area contributed by atoms with Crippen LogP contribution < -0.4 is 0 Å². The molecule has 12 rings (SSSR count). The van der Waals surface area contributed by atoms with E-state index < -0.39 is 0 Å². The average molecular weight is 762 g/mol. The third kappa shape index (κ3) is 4.63. The highest BCUT2D eigenvalue weighted by Gasteiger charge is 2.32. The van der Waals surface area contributed by atoms with E-state index in [4.69, 9.17) is 11.6 Å². The number of nitriles is 1. The van der Waals surface area contributed by atoms with Gasteiger partial charge in [0.05, 0.1) is 51.1 Å². The van der Waals surface area contributed by atoms with Crippen LogP contribution in [0, 0.1) is 17.9 Å². The Morgan fingerprint density at radius 3 is 1.73 bits per heavy atom. The van der Waals surface area contributed by atoms with Gasteiger partial charge in [-0.3, -0.25) is 4.98 Å². The van der Waals surface area contributed by atoms with Gasteiger partial charge in [-0.25, -0.2) is 4.85 Å². The molecule has 0 fully saturated rings. The van der Waals surface area contributed by atoms with Crippen LogP contribution in [0.2, 0.25) is 0 Å². The standard InChI is InChI=1S/C55H31N5/c1-57-53-48(35-18-7-3-8-19-35)43(33-56)54(59-44-26-14-13-23-39(44)40-29-28-37(32-47(40)59)34-16-5-2-6-17-34)49(36-20-9-4-10-21-36)55(53)60-45-27-15-25-41-38-22-11-12-24-42(38)52-51(50(41)45)46(60)30-31-58-52/h2-32H. The van der Waals surface area contributed by atoms with Crippen molar-refractivity contribution in [1.82, 2.24) is 14.1 Å². The number of benzene rings is 9. The molecule has 9 aromatic carbocycles. The number of rotatable bonds is 5. The molecule has 0 N–H and O–H groups in total. The lowest BCUT2D eigenvalue weighted by Crippen LogP contribution is -2.08. The lowest BCUT2D eigenvalue weighted by Gasteiger charge is -2.25. The zero-order valence-electron chi connectivity index (χ0n) is 32.1. The Labute approximate surface area is 345 Å². The summed E-state index contributed by atoms with van der Waals surface area (Å²) in [4.78, 5) is 9.49. The van der Waals surface area contributed by atoms with Crippen molar-refractivity contribution in [3.8, 4) is 50.8 Å². The first-order chi connectivity index (χ1) is 29.7. The van der Waals surface area contributed by atoms with E-state index in [2.05, 4.69) is 147 Å². The van der Waals surface area contributed by atoms with Crippen molar-refractivity contribution in [3.05, 3.63) is 205 Å². The predicted molar refractivity (Wildman–Crippen MR) is 246 cm³/mol. The first kappa shape index (κ1) is 33.6. The quantitative estimate of drug-likeness (QED) is 0.130. The van der Waals surface area contributed by atoms with Gasteiger partial charge < -0.3 is 9.13 Å². The molecule has 60 heavy (non-hydrogen) atoms. The summed E-state index contributed by atoms with van der Waals surface area (Å²) >= 11 is 0. The molecule has 0 aliphatic carbocycles. The van der Waals surface area contributed by atoms with Crippen LogP contribution in [-0.2, 0) is 0 Å². The summed E-state index contributed by atoms with van der Waals surface area (Å²) in [6.07, 6.45) is 1.88. The summed E-state index contributed by atoms with van der Waals surface area (Å²) < 4.78 is 4.56. The molecule has 3 heterocycles. The molecule has 0 aliphatic rings. The van der Waals surface area contributed by atoms with Crippen LogP contribution in [0.3, 0.4) is 0 Å². The lowest BCUT2D eigenvalue weighted by atomic mass is 9.88. The fraction of sp³-hybridized carbons (Fsp3) is 0. The molecule has 0 atom stereocenters. The molecule has 0 aliphatic heterocycles. The van der Waals surface area contributed by atoms with Crippen molar-refractivity contribution in [2.24, 2.45) is 0 Å². The fourth-order valence-corrected chi connectivity index (χ4v) is 9.75. The molecule has 0 spiro atoms. The van der Waals surface area contributed by atoms with Crippen molar-refractivity contribution < 1.29 is 0 Å². The molecular weight excluding hydrogens is 731 g/mol. The van der Waals surface area contributed by atoms with E-state index in [1.807, 2.05) is 60.8 Å². The zero-order chi connectivity index (χ0) is 39.9. The molecular formula is C55H31N5. The first-order valence-corrected chi connectivity index (χ1v) is 20.0. The Morgan fingerprint density at radius 2 is 1.02 bits per heavy atom. The molecule has 0 saturated heterocycles. The van der Waals surface area contributed by atoms with Gasteiger partial charge in [-0.15, -0.1) is 0 Å². The molecule has 0 unspecified atom stereocenters. The van der Waals surface area contributed by atoms with E-state index in [1.165, 1.54) is 0 Å². The summed E-state index contributed by atoms with van der Waals surface area (Å²) in [5.74, 6) is 0. The van der Waals surface area contributed by atoms with Crippen LogP contribution in [0.25, 0.3) is 115 Å². The number of aromatic nitrogens is 3. The van der Waals surface area contributed by atoms with Crippen molar-refractivity contribution in [3.63, 3.8) is 0 Å². The number of fused-ring (bicyclic) bond motifs is 6. The fourth-order valence-electron chi connectivity index (χ4n) is 9.75. The summed E-state index contributed by atoms with van der Waals surface area (Å²) in [7, 11) is 0.